The molecule has 0 saturated carbocycles. The van der Waals surface area contributed by atoms with Gasteiger partial charge in [0.2, 0.25) is 0 Å². The van der Waals surface area contributed by atoms with Crippen molar-refractivity contribution < 1.29 is 14.3 Å². The van der Waals surface area contributed by atoms with Crippen molar-refractivity contribution >= 4 is 28.6 Å². The Morgan fingerprint density at radius 1 is 1.00 bits per heavy atom. The average Bonchev–Trinajstić information content (AvgIpc) is 2.47. The van der Waals surface area contributed by atoms with E-state index in [1.165, 1.54) is 12.1 Å². The Bertz CT molecular complexity index is 596. The predicted octanol–water partition coefficient (Wildman–Crippen LogP) is 3.81. The Morgan fingerprint density at radius 2 is 1.65 bits per heavy atom. The van der Waals surface area contributed by atoms with Crippen molar-refractivity contribution in [2.24, 2.45) is 0 Å². The summed E-state index contributed by atoms with van der Waals surface area (Å²) < 4.78 is 5.07. The number of ether oxygens (including phenoxy) is 1. The van der Waals surface area contributed by atoms with E-state index >= 15 is 0 Å². The molecule has 0 spiro atoms. The standard InChI is InChI=1S/C15H12ClNO3/c16-14(18)12-6-8-13(9-7-12)17-15(19)20-10-11-4-2-1-3-5-11/h1-9H,10H2,(H,17,19). The molecule has 0 saturated heterocycles. The predicted molar refractivity (Wildman–Crippen MR) is 76.9 cm³/mol. The summed E-state index contributed by atoms with van der Waals surface area (Å²) in [6.07, 6.45) is -0.557. The molecule has 4 nitrogen and oxygen atoms in total. The second kappa shape index (κ2) is 6.73. The largest absolute Gasteiger partial charge is 0.444 e. The first kappa shape index (κ1) is 14.1. The molecule has 0 atom stereocenters. The van der Waals surface area contributed by atoms with E-state index < -0.39 is 11.3 Å². The lowest BCUT2D eigenvalue weighted by atomic mass is 10.2. The van der Waals surface area contributed by atoms with Crippen LogP contribution in [0.2, 0.25) is 0 Å². The third kappa shape index (κ3) is 4.10. The number of rotatable bonds is 4. The fraction of sp³-hybridized carbons (Fsp3) is 0.0667. The zero-order valence-electron chi connectivity index (χ0n) is 10.5. The van der Waals surface area contributed by atoms with E-state index in [9.17, 15) is 9.59 Å². The summed E-state index contributed by atoms with van der Waals surface area (Å²) in [7, 11) is 0. The fourth-order valence-corrected chi connectivity index (χ4v) is 1.69. The molecule has 0 aliphatic rings. The van der Waals surface area contributed by atoms with Crippen molar-refractivity contribution in [3.05, 3.63) is 65.7 Å². The van der Waals surface area contributed by atoms with Gasteiger partial charge in [-0.1, -0.05) is 30.3 Å². The summed E-state index contributed by atoms with van der Waals surface area (Å²) in [4.78, 5) is 22.5. The molecular formula is C15H12ClNO3. The van der Waals surface area contributed by atoms with Crippen LogP contribution in [0.25, 0.3) is 0 Å². The number of hydrogen-bond donors (Lipinski definition) is 1. The van der Waals surface area contributed by atoms with Gasteiger partial charge in [-0.05, 0) is 41.4 Å². The molecular weight excluding hydrogens is 278 g/mol. The SMILES string of the molecule is O=C(Nc1ccc(C(=O)Cl)cc1)OCc1ccccc1. The van der Waals surface area contributed by atoms with Gasteiger partial charge in [-0.2, -0.15) is 0 Å². The summed E-state index contributed by atoms with van der Waals surface area (Å²) in [6, 6.07) is 15.6. The molecule has 102 valence electrons. The van der Waals surface area contributed by atoms with Crippen molar-refractivity contribution in [2.75, 3.05) is 5.32 Å². The van der Waals surface area contributed by atoms with E-state index in [0.29, 0.717) is 11.3 Å². The summed E-state index contributed by atoms with van der Waals surface area (Å²) in [5, 5.41) is 2.02. The minimum absolute atomic E-state index is 0.199. The van der Waals surface area contributed by atoms with E-state index in [1.54, 1.807) is 12.1 Å². The molecule has 2 rings (SSSR count). The van der Waals surface area contributed by atoms with Crippen molar-refractivity contribution in [1.29, 1.82) is 0 Å². The maximum Gasteiger partial charge on any atom is 0.411 e. The molecule has 0 aliphatic carbocycles. The Kier molecular flexibility index (Phi) is 4.74. The van der Waals surface area contributed by atoms with E-state index in [1.807, 2.05) is 30.3 Å². The van der Waals surface area contributed by atoms with Crippen LogP contribution in [0.15, 0.2) is 54.6 Å². The van der Waals surface area contributed by atoms with Crippen LogP contribution in [0, 0.1) is 0 Å². The van der Waals surface area contributed by atoms with Gasteiger partial charge in [0.15, 0.2) is 0 Å². The van der Waals surface area contributed by atoms with Crippen LogP contribution in [-0.2, 0) is 11.3 Å². The minimum Gasteiger partial charge on any atom is -0.444 e. The summed E-state index contributed by atoms with van der Waals surface area (Å²) >= 11 is 5.33. The highest BCUT2D eigenvalue weighted by Crippen LogP contribution is 2.12. The highest BCUT2D eigenvalue weighted by Gasteiger charge is 2.05. The van der Waals surface area contributed by atoms with Crippen LogP contribution in [-0.4, -0.2) is 11.3 Å². The van der Waals surface area contributed by atoms with E-state index in [0.717, 1.165) is 5.56 Å². The highest BCUT2D eigenvalue weighted by molar-refractivity contribution is 6.67. The molecule has 1 amide bonds. The lowest BCUT2D eigenvalue weighted by molar-refractivity contribution is 0.108. The van der Waals surface area contributed by atoms with E-state index in [4.69, 9.17) is 16.3 Å². The van der Waals surface area contributed by atoms with Crippen molar-refractivity contribution in [3.8, 4) is 0 Å². The van der Waals surface area contributed by atoms with Crippen LogP contribution in [0.5, 0.6) is 0 Å². The van der Waals surface area contributed by atoms with Crippen LogP contribution < -0.4 is 5.32 Å². The zero-order valence-corrected chi connectivity index (χ0v) is 11.3. The molecule has 5 heteroatoms. The smallest absolute Gasteiger partial charge is 0.411 e. The van der Waals surface area contributed by atoms with Crippen LogP contribution in [0.3, 0.4) is 0 Å². The van der Waals surface area contributed by atoms with E-state index in [2.05, 4.69) is 5.32 Å². The van der Waals surface area contributed by atoms with Gasteiger partial charge >= 0.3 is 6.09 Å². The Labute approximate surface area is 121 Å². The number of nitrogens with one attached hydrogen (secondary N) is 1. The van der Waals surface area contributed by atoms with E-state index in [-0.39, 0.29) is 6.61 Å². The van der Waals surface area contributed by atoms with Crippen LogP contribution in [0.4, 0.5) is 10.5 Å². The van der Waals surface area contributed by atoms with Gasteiger partial charge < -0.3 is 4.74 Å². The average molecular weight is 290 g/mol. The van der Waals surface area contributed by atoms with Gasteiger partial charge in [-0.15, -0.1) is 0 Å². The van der Waals surface area contributed by atoms with Crippen LogP contribution in [0.1, 0.15) is 15.9 Å². The first-order chi connectivity index (χ1) is 9.65. The molecule has 2 aromatic rings. The third-order valence-electron chi connectivity index (χ3n) is 2.57. The first-order valence-electron chi connectivity index (χ1n) is 5.93. The van der Waals surface area contributed by atoms with Crippen molar-refractivity contribution in [3.63, 3.8) is 0 Å². The van der Waals surface area contributed by atoms with Gasteiger partial charge in [0.25, 0.3) is 5.24 Å². The number of carbonyl (C=O) groups is 2. The molecule has 0 bridgehead atoms. The maximum atomic E-state index is 11.6. The maximum absolute atomic E-state index is 11.6. The first-order valence-corrected chi connectivity index (χ1v) is 6.30. The topological polar surface area (TPSA) is 55.4 Å². The highest BCUT2D eigenvalue weighted by atomic mass is 35.5. The summed E-state index contributed by atoms with van der Waals surface area (Å²) in [5.74, 6) is 0. The number of amides is 1. The Balaban J connectivity index is 1.86. The van der Waals surface area contributed by atoms with Gasteiger partial charge in [0.05, 0.1) is 0 Å². The quantitative estimate of drug-likeness (QED) is 0.871. The van der Waals surface area contributed by atoms with Crippen molar-refractivity contribution in [1.82, 2.24) is 0 Å². The Hall–Kier alpha value is -2.33. The summed E-state index contributed by atoms with van der Waals surface area (Å²) in [6.45, 7) is 0.199. The molecule has 1 N–H and O–H groups in total. The van der Waals surface area contributed by atoms with Crippen molar-refractivity contribution in [2.45, 2.75) is 6.61 Å². The number of benzene rings is 2. The molecule has 0 heterocycles. The Morgan fingerprint density at radius 3 is 2.25 bits per heavy atom. The lowest BCUT2D eigenvalue weighted by Gasteiger charge is -2.07. The van der Waals surface area contributed by atoms with Gasteiger partial charge in [0.1, 0.15) is 6.61 Å². The zero-order chi connectivity index (χ0) is 14.4. The molecule has 0 radical (unpaired) electrons. The van der Waals surface area contributed by atoms with Gasteiger partial charge in [-0.25, -0.2) is 4.79 Å². The van der Waals surface area contributed by atoms with Gasteiger partial charge in [0, 0.05) is 11.3 Å². The number of hydrogen-bond acceptors (Lipinski definition) is 3. The molecule has 0 aliphatic heterocycles. The fourth-order valence-electron chi connectivity index (χ4n) is 1.56. The second-order valence-corrected chi connectivity index (χ2v) is 4.38. The number of carbonyl (C=O) groups excluding carboxylic acids is 2. The third-order valence-corrected chi connectivity index (χ3v) is 2.79. The molecule has 0 fully saturated rings. The number of halogens is 1. The lowest BCUT2D eigenvalue weighted by Crippen LogP contribution is -2.13. The molecule has 0 unspecified atom stereocenters. The van der Waals surface area contributed by atoms with Gasteiger partial charge in [-0.3, -0.25) is 10.1 Å². The summed E-state index contributed by atoms with van der Waals surface area (Å²) in [5.41, 5.74) is 1.81. The molecule has 2 aromatic carbocycles. The second-order valence-electron chi connectivity index (χ2n) is 4.04. The monoisotopic (exact) mass is 289 g/mol. The minimum atomic E-state index is -0.557. The number of anilines is 1. The molecule has 0 aromatic heterocycles. The van der Waals surface area contributed by atoms with Crippen LogP contribution >= 0.6 is 11.6 Å². The normalized spacial score (nSPS) is 9.85. The molecule has 20 heavy (non-hydrogen) atoms.